The maximum absolute atomic E-state index is 12.7. The summed E-state index contributed by atoms with van der Waals surface area (Å²) in [6.07, 6.45) is 18.6. The van der Waals surface area contributed by atoms with E-state index in [9.17, 15) is 4.79 Å². The molecule has 114 valence electrons. The van der Waals surface area contributed by atoms with Crippen LogP contribution in [0.1, 0.15) is 90.4 Å². The van der Waals surface area contributed by atoms with Crippen LogP contribution in [0, 0.1) is 11.8 Å². The highest BCUT2D eigenvalue weighted by atomic mass is 16.1. The predicted molar refractivity (Wildman–Crippen MR) is 85.8 cm³/mol. The maximum Gasteiger partial charge on any atom is 0.161 e. The summed E-state index contributed by atoms with van der Waals surface area (Å²) in [5.41, 5.74) is 1.18. The van der Waals surface area contributed by atoms with Crippen molar-refractivity contribution in [1.82, 2.24) is 0 Å². The molecule has 0 aromatic carbocycles. The van der Waals surface area contributed by atoms with Crippen LogP contribution < -0.4 is 0 Å². The first-order chi connectivity index (χ1) is 9.81. The lowest BCUT2D eigenvalue weighted by Crippen LogP contribution is -2.23. The Hall–Kier alpha value is -0.590. The fourth-order valence-corrected chi connectivity index (χ4v) is 3.88. The van der Waals surface area contributed by atoms with Gasteiger partial charge in [-0.15, -0.1) is 0 Å². The van der Waals surface area contributed by atoms with Crippen LogP contribution in [-0.2, 0) is 4.79 Å². The highest BCUT2D eigenvalue weighted by Gasteiger charge is 2.27. The molecule has 1 heteroatoms. The molecule has 0 aromatic heterocycles. The fourth-order valence-electron chi connectivity index (χ4n) is 3.88. The van der Waals surface area contributed by atoms with Crippen LogP contribution in [0.5, 0.6) is 0 Å². The minimum absolute atomic E-state index is 0.360. The number of carbonyl (C=O) groups is 1. The summed E-state index contributed by atoms with van der Waals surface area (Å²) < 4.78 is 0. The van der Waals surface area contributed by atoms with Crippen LogP contribution in [-0.4, -0.2) is 5.78 Å². The van der Waals surface area contributed by atoms with Gasteiger partial charge in [0.2, 0.25) is 0 Å². The Morgan fingerprint density at radius 3 is 2.60 bits per heavy atom. The van der Waals surface area contributed by atoms with E-state index in [-0.39, 0.29) is 0 Å². The zero-order valence-corrected chi connectivity index (χ0v) is 13.3. The number of allylic oxidation sites excluding steroid dienone is 2. The SMILES string of the molecule is CCCCC1CCC(C(=O)C2=CCCCCCC2)CC1. The Kier molecular flexibility index (Phi) is 6.82. The summed E-state index contributed by atoms with van der Waals surface area (Å²) in [5, 5.41) is 0. The van der Waals surface area contributed by atoms with Crippen molar-refractivity contribution < 1.29 is 4.79 Å². The molecule has 0 atom stereocenters. The molecule has 2 aliphatic rings. The summed E-state index contributed by atoms with van der Waals surface area (Å²) >= 11 is 0. The Balaban J connectivity index is 1.81. The van der Waals surface area contributed by atoms with Gasteiger partial charge < -0.3 is 0 Å². The van der Waals surface area contributed by atoms with E-state index in [1.807, 2.05) is 0 Å². The van der Waals surface area contributed by atoms with Gasteiger partial charge in [0.25, 0.3) is 0 Å². The molecular weight excluding hydrogens is 244 g/mol. The fraction of sp³-hybridized carbons (Fsp3) is 0.842. The van der Waals surface area contributed by atoms with Crippen LogP contribution in [0.15, 0.2) is 11.6 Å². The number of Topliss-reactive ketones (excluding diaryl/α,β-unsaturated/α-hetero) is 1. The van der Waals surface area contributed by atoms with Gasteiger partial charge in [0.05, 0.1) is 0 Å². The van der Waals surface area contributed by atoms with Crippen molar-refractivity contribution in [1.29, 1.82) is 0 Å². The van der Waals surface area contributed by atoms with Gasteiger partial charge in [-0.05, 0) is 62.9 Å². The zero-order chi connectivity index (χ0) is 14.2. The lowest BCUT2D eigenvalue weighted by atomic mass is 9.76. The molecule has 0 heterocycles. The Morgan fingerprint density at radius 1 is 1.10 bits per heavy atom. The zero-order valence-electron chi connectivity index (χ0n) is 13.3. The summed E-state index contributed by atoms with van der Waals surface area (Å²) in [6.45, 7) is 2.27. The quantitative estimate of drug-likeness (QED) is 0.617. The third-order valence-corrected chi connectivity index (χ3v) is 5.29. The maximum atomic E-state index is 12.7. The number of hydrogen-bond acceptors (Lipinski definition) is 1. The molecule has 1 nitrogen and oxygen atoms in total. The third-order valence-electron chi connectivity index (χ3n) is 5.29. The van der Waals surface area contributed by atoms with E-state index in [0.717, 1.165) is 31.6 Å². The van der Waals surface area contributed by atoms with Gasteiger partial charge in [0, 0.05) is 5.92 Å². The van der Waals surface area contributed by atoms with Crippen LogP contribution in [0.25, 0.3) is 0 Å². The van der Waals surface area contributed by atoms with Gasteiger partial charge in [-0.25, -0.2) is 0 Å². The monoisotopic (exact) mass is 276 g/mol. The second-order valence-electron chi connectivity index (χ2n) is 6.91. The van der Waals surface area contributed by atoms with Gasteiger partial charge >= 0.3 is 0 Å². The molecule has 0 N–H and O–H groups in total. The first-order valence-electron chi connectivity index (χ1n) is 9.04. The van der Waals surface area contributed by atoms with Gasteiger partial charge in [0.15, 0.2) is 5.78 Å². The molecule has 0 aromatic rings. The first kappa shape index (κ1) is 15.8. The van der Waals surface area contributed by atoms with Crippen LogP contribution in [0.2, 0.25) is 0 Å². The summed E-state index contributed by atoms with van der Waals surface area (Å²) in [6, 6.07) is 0. The molecule has 0 amide bonds. The number of hydrogen-bond donors (Lipinski definition) is 0. The average Bonchev–Trinajstić information content (AvgIpc) is 2.45. The standard InChI is InChI=1S/C19H32O/c1-2-3-9-16-12-14-18(15-13-16)19(20)17-10-7-5-4-6-8-11-17/h10,16,18H,2-9,11-15H2,1H3. The average molecular weight is 276 g/mol. The van der Waals surface area contributed by atoms with Gasteiger partial charge in [-0.2, -0.15) is 0 Å². The van der Waals surface area contributed by atoms with E-state index >= 15 is 0 Å². The van der Waals surface area contributed by atoms with Crippen LogP contribution in [0.3, 0.4) is 0 Å². The van der Waals surface area contributed by atoms with Gasteiger partial charge in [-0.1, -0.05) is 45.1 Å². The van der Waals surface area contributed by atoms with Crippen molar-refractivity contribution in [3.63, 3.8) is 0 Å². The normalized spacial score (nSPS) is 28.4. The van der Waals surface area contributed by atoms with Crippen LogP contribution >= 0.6 is 0 Å². The van der Waals surface area contributed by atoms with E-state index in [1.165, 1.54) is 63.4 Å². The highest BCUT2D eigenvalue weighted by molar-refractivity contribution is 5.97. The molecular formula is C19H32O. The third kappa shape index (κ3) is 4.75. The summed E-state index contributed by atoms with van der Waals surface area (Å²) in [4.78, 5) is 12.7. The highest BCUT2D eigenvalue weighted by Crippen LogP contribution is 2.34. The predicted octanol–water partition coefficient (Wildman–Crippen LogP) is 5.83. The van der Waals surface area contributed by atoms with Crippen molar-refractivity contribution in [2.75, 3.05) is 0 Å². The second-order valence-corrected chi connectivity index (χ2v) is 6.91. The molecule has 0 radical (unpaired) electrons. The van der Waals surface area contributed by atoms with Crippen LogP contribution in [0.4, 0.5) is 0 Å². The molecule has 2 aliphatic carbocycles. The van der Waals surface area contributed by atoms with E-state index in [0.29, 0.717) is 11.7 Å². The van der Waals surface area contributed by atoms with E-state index < -0.39 is 0 Å². The van der Waals surface area contributed by atoms with Gasteiger partial charge in [-0.3, -0.25) is 4.79 Å². The lowest BCUT2D eigenvalue weighted by Gasteiger charge is -2.28. The second kappa shape index (κ2) is 8.64. The molecule has 0 spiro atoms. The smallest absolute Gasteiger partial charge is 0.161 e. The van der Waals surface area contributed by atoms with Crippen molar-refractivity contribution >= 4 is 5.78 Å². The first-order valence-corrected chi connectivity index (χ1v) is 9.04. The van der Waals surface area contributed by atoms with Crippen molar-refractivity contribution in [3.8, 4) is 0 Å². The molecule has 1 fully saturated rings. The Bertz CT molecular complexity index is 321. The van der Waals surface area contributed by atoms with Crippen molar-refractivity contribution in [3.05, 3.63) is 11.6 Å². The van der Waals surface area contributed by atoms with E-state index in [4.69, 9.17) is 0 Å². The number of unbranched alkanes of at least 4 members (excludes halogenated alkanes) is 1. The van der Waals surface area contributed by atoms with Crippen molar-refractivity contribution in [2.24, 2.45) is 11.8 Å². The molecule has 20 heavy (non-hydrogen) atoms. The summed E-state index contributed by atoms with van der Waals surface area (Å²) in [5.74, 6) is 1.78. The van der Waals surface area contributed by atoms with Gasteiger partial charge in [0.1, 0.15) is 0 Å². The number of rotatable bonds is 5. The molecule has 2 rings (SSSR count). The number of carbonyl (C=O) groups excluding carboxylic acids is 1. The minimum Gasteiger partial charge on any atom is -0.294 e. The van der Waals surface area contributed by atoms with E-state index in [1.54, 1.807) is 0 Å². The Morgan fingerprint density at radius 2 is 1.85 bits per heavy atom. The van der Waals surface area contributed by atoms with Crippen molar-refractivity contribution in [2.45, 2.75) is 90.4 Å². The lowest BCUT2D eigenvalue weighted by molar-refractivity contribution is -0.120. The van der Waals surface area contributed by atoms with E-state index in [2.05, 4.69) is 13.0 Å². The molecule has 0 aliphatic heterocycles. The summed E-state index contributed by atoms with van der Waals surface area (Å²) in [7, 11) is 0. The molecule has 0 unspecified atom stereocenters. The molecule has 1 saturated carbocycles. The Labute approximate surface area is 125 Å². The largest absolute Gasteiger partial charge is 0.294 e. The molecule has 0 saturated heterocycles. The molecule has 0 bridgehead atoms. The minimum atomic E-state index is 0.360. The topological polar surface area (TPSA) is 17.1 Å². The number of ketones is 1.